The Kier molecular flexibility index (Phi) is 4.42. The van der Waals surface area contributed by atoms with E-state index in [1.54, 1.807) is 6.26 Å². The molecule has 0 saturated carbocycles. The molecule has 0 aliphatic carbocycles. The number of nitrogens with zero attached hydrogens (tertiary/aromatic N) is 2. The first-order chi connectivity index (χ1) is 10.5. The maximum atomic E-state index is 12.6. The normalized spacial score (nSPS) is 26.9. The van der Waals surface area contributed by atoms with Crippen molar-refractivity contribution in [3.05, 3.63) is 30.1 Å². The van der Waals surface area contributed by atoms with Crippen LogP contribution in [0.2, 0.25) is 0 Å². The van der Waals surface area contributed by atoms with E-state index in [1.807, 2.05) is 6.08 Å². The Morgan fingerprint density at radius 2 is 2.23 bits per heavy atom. The van der Waals surface area contributed by atoms with Crippen molar-refractivity contribution < 1.29 is 17.9 Å². The summed E-state index contributed by atoms with van der Waals surface area (Å²) >= 11 is 0. The van der Waals surface area contributed by atoms with E-state index in [0.29, 0.717) is 5.82 Å². The number of halogens is 3. The molecule has 1 N–H and O–H groups in total. The molecule has 122 valence electrons. The number of allylic oxidation sites excluding steroid dienone is 1. The van der Waals surface area contributed by atoms with Gasteiger partial charge in [0.25, 0.3) is 0 Å². The average Bonchev–Trinajstić information content (AvgIpc) is 2.99. The van der Waals surface area contributed by atoms with Crippen molar-refractivity contribution in [1.82, 2.24) is 14.9 Å². The Morgan fingerprint density at radius 3 is 2.91 bits per heavy atom. The van der Waals surface area contributed by atoms with Gasteiger partial charge in [-0.2, -0.15) is 13.2 Å². The lowest BCUT2D eigenvalue weighted by atomic mass is 9.96. The molecule has 7 heteroatoms. The first kappa shape index (κ1) is 15.4. The number of imidazole rings is 1. The molecule has 0 amide bonds. The summed E-state index contributed by atoms with van der Waals surface area (Å²) in [7, 11) is 0. The number of hydrogen-bond acceptors (Lipinski definition) is 3. The van der Waals surface area contributed by atoms with Crippen LogP contribution in [0.1, 0.15) is 43.1 Å². The number of rotatable bonds is 3. The van der Waals surface area contributed by atoms with Crippen LogP contribution in [0.15, 0.2) is 18.5 Å². The highest BCUT2D eigenvalue weighted by atomic mass is 19.4. The topological polar surface area (TPSA) is 41.2 Å². The van der Waals surface area contributed by atoms with Crippen molar-refractivity contribution in [2.45, 2.75) is 43.9 Å². The van der Waals surface area contributed by atoms with Crippen LogP contribution < -0.4 is 0 Å². The van der Waals surface area contributed by atoms with Crippen LogP contribution in [0.3, 0.4) is 0 Å². The lowest BCUT2D eigenvalue weighted by Crippen LogP contribution is -2.40. The molecule has 1 fully saturated rings. The highest BCUT2D eigenvalue weighted by molar-refractivity contribution is 5.09. The SMILES string of the molecule is FC(F)(F)c1cnc([C@H]2CCCN(C[C@@H]3CCC=CO3)C2)[nH]1. The average molecular weight is 315 g/mol. The van der Waals surface area contributed by atoms with Crippen LogP contribution >= 0.6 is 0 Å². The second-order valence-corrected chi connectivity index (χ2v) is 5.99. The number of aromatic nitrogens is 2. The number of hydrogen-bond donors (Lipinski definition) is 1. The van der Waals surface area contributed by atoms with Crippen molar-refractivity contribution in [3.8, 4) is 0 Å². The van der Waals surface area contributed by atoms with Gasteiger partial charge in [0, 0.05) is 19.0 Å². The van der Waals surface area contributed by atoms with Crippen LogP contribution in [0.25, 0.3) is 0 Å². The van der Waals surface area contributed by atoms with E-state index in [4.69, 9.17) is 4.74 Å². The number of piperidine rings is 1. The van der Waals surface area contributed by atoms with Gasteiger partial charge in [-0.25, -0.2) is 4.98 Å². The molecule has 2 atom stereocenters. The van der Waals surface area contributed by atoms with E-state index < -0.39 is 11.9 Å². The molecule has 4 nitrogen and oxygen atoms in total. The zero-order valence-electron chi connectivity index (χ0n) is 12.3. The number of H-pyrrole nitrogens is 1. The highest BCUT2D eigenvalue weighted by Gasteiger charge is 2.34. The van der Waals surface area contributed by atoms with E-state index in [-0.39, 0.29) is 12.0 Å². The summed E-state index contributed by atoms with van der Waals surface area (Å²) in [6, 6.07) is 0. The molecule has 1 aromatic heterocycles. The fraction of sp³-hybridized carbons (Fsp3) is 0.667. The number of ether oxygens (including phenoxy) is 1. The summed E-state index contributed by atoms with van der Waals surface area (Å²) < 4.78 is 43.5. The van der Waals surface area contributed by atoms with Crippen LogP contribution in [0.4, 0.5) is 13.2 Å². The summed E-state index contributed by atoms with van der Waals surface area (Å²) in [5.41, 5.74) is -0.764. The van der Waals surface area contributed by atoms with Gasteiger partial charge in [0.1, 0.15) is 17.6 Å². The van der Waals surface area contributed by atoms with Crippen LogP contribution in [0, 0.1) is 0 Å². The second-order valence-electron chi connectivity index (χ2n) is 5.99. The van der Waals surface area contributed by atoms with Crippen LogP contribution in [-0.4, -0.2) is 40.6 Å². The monoisotopic (exact) mass is 315 g/mol. The predicted molar refractivity (Wildman–Crippen MR) is 75.3 cm³/mol. The molecular weight excluding hydrogens is 295 g/mol. The standard InChI is InChI=1S/C15H20F3N3O/c16-15(17,18)13-8-19-14(20-13)11-4-3-6-21(9-11)10-12-5-1-2-7-22-12/h2,7-8,11-12H,1,3-6,9-10H2,(H,19,20)/t11-,12-/m0/s1. The molecule has 0 spiro atoms. The van der Waals surface area contributed by atoms with E-state index in [0.717, 1.165) is 51.5 Å². The maximum Gasteiger partial charge on any atom is 0.432 e. The fourth-order valence-electron chi connectivity index (χ4n) is 3.14. The predicted octanol–water partition coefficient (Wildman–Crippen LogP) is 3.30. The number of alkyl halides is 3. The van der Waals surface area contributed by atoms with E-state index in [1.165, 1.54) is 0 Å². The lowest BCUT2D eigenvalue weighted by Gasteiger charge is -2.34. The molecular formula is C15H20F3N3O. The summed E-state index contributed by atoms with van der Waals surface area (Å²) in [4.78, 5) is 8.66. The third-order valence-electron chi connectivity index (χ3n) is 4.28. The van der Waals surface area contributed by atoms with Crippen LogP contribution in [-0.2, 0) is 10.9 Å². The minimum absolute atomic E-state index is 0.0315. The van der Waals surface area contributed by atoms with Crippen molar-refractivity contribution >= 4 is 0 Å². The Labute approximate surface area is 127 Å². The summed E-state index contributed by atoms with van der Waals surface area (Å²) in [5, 5.41) is 0. The molecule has 2 aliphatic rings. The van der Waals surface area contributed by atoms with Crippen LogP contribution in [0.5, 0.6) is 0 Å². The molecule has 1 aromatic rings. The van der Waals surface area contributed by atoms with E-state index in [2.05, 4.69) is 14.9 Å². The van der Waals surface area contributed by atoms with Crippen molar-refractivity contribution in [3.63, 3.8) is 0 Å². The van der Waals surface area contributed by atoms with Gasteiger partial charge in [0.05, 0.1) is 12.5 Å². The van der Waals surface area contributed by atoms with Gasteiger partial charge in [-0.05, 0) is 38.3 Å². The zero-order chi connectivity index (χ0) is 15.6. The Bertz CT molecular complexity index is 526. The van der Waals surface area contributed by atoms with Crippen molar-refractivity contribution in [2.24, 2.45) is 0 Å². The summed E-state index contributed by atoms with van der Waals surface area (Å²) in [6.45, 7) is 2.52. The third-order valence-corrected chi connectivity index (χ3v) is 4.28. The van der Waals surface area contributed by atoms with Gasteiger partial charge < -0.3 is 9.72 Å². The van der Waals surface area contributed by atoms with Gasteiger partial charge in [-0.1, -0.05) is 0 Å². The summed E-state index contributed by atoms with van der Waals surface area (Å²) in [6.07, 6.45) is 4.33. The minimum atomic E-state index is -4.36. The molecule has 0 bridgehead atoms. The highest BCUT2D eigenvalue weighted by Crippen LogP contribution is 2.31. The molecule has 3 rings (SSSR count). The third kappa shape index (κ3) is 3.63. The first-order valence-corrected chi connectivity index (χ1v) is 7.67. The number of nitrogens with one attached hydrogen (secondary N) is 1. The summed E-state index contributed by atoms with van der Waals surface area (Å²) in [5.74, 6) is 0.477. The molecule has 0 unspecified atom stereocenters. The molecule has 3 heterocycles. The van der Waals surface area contributed by atoms with E-state index in [9.17, 15) is 13.2 Å². The Morgan fingerprint density at radius 1 is 1.36 bits per heavy atom. The molecule has 2 aliphatic heterocycles. The van der Waals surface area contributed by atoms with Crippen molar-refractivity contribution in [1.29, 1.82) is 0 Å². The van der Waals surface area contributed by atoms with Gasteiger partial charge in [0.15, 0.2) is 0 Å². The number of likely N-dealkylation sites (tertiary alicyclic amines) is 1. The largest absolute Gasteiger partial charge is 0.497 e. The molecule has 0 aromatic carbocycles. The number of aromatic amines is 1. The smallest absolute Gasteiger partial charge is 0.432 e. The lowest BCUT2D eigenvalue weighted by molar-refractivity contribution is -0.141. The zero-order valence-corrected chi connectivity index (χ0v) is 12.3. The molecule has 22 heavy (non-hydrogen) atoms. The fourth-order valence-corrected chi connectivity index (χ4v) is 3.14. The van der Waals surface area contributed by atoms with Gasteiger partial charge >= 0.3 is 6.18 Å². The van der Waals surface area contributed by atoms with Gasteiger partial charge in [-0.15, -0.1) is 0 Å². The Hall–Kier alpha value is -1.50. The quantitative estimate of drug-likeness (QED) is 0.930. The van der Waals surface area contributed by atoms with Gasteiger partial charge in [0.2, 0.25) is 0 Å². The Balaban J connectivity index is 1.60. The first-order valence-electron chi connectivity index (χ1n) is 7.67. The van der Waals surface area contributed by atoms with Gasteiger partial charge in [-0.3, -0.25) is 4.90 Å². The van der Waals surface area contributed by atoms with Crippen molar-refractivity contribution in [2.75, 3.05) is 19.6 Å². The minimum Gasteiger partial charge on any atom is -0.497 e. The van der Waals surface area contributed by atoms with E-state index >= 15 is 0 Å². The molecule has 1 saturated heterocycles. The maximum absolute atomic E-state index is 12.6. The second kappa shape index (κ2) is 6.32. The molecule has 0 radical (unpaired) electrons.